The number of ether oxygens (including phenoxy) is 4. The van der Waals surface area contributed by atoms with E-state index in [0.29, 0.717) is 17.1 Å². The Hall–Kier alpha value is -3.51. The van der Waals surface area contributed by atoms with Crippen LogP contribution in [0.4, 0.5) is 4.79 Å². The van der Waals surface area contributed by atoms with Gasteiger partial charge in [0.2, 0.25) is 0 Å². The zero-order valence-corrected chi connectivity index (χ0v) is 18.4. The maximum absolute atomic E-state index is 13.5. The zero-order chi connectivity index (χ0) is 22.5. The lowest BCUT2D eigenvalue weighted by Gasteiger charge is -2.29. The molecule has 166 valence electrons. The SMILES string of the molecule is COc1cccc(OC)c1C1O[C@@H](C)C(c2ccccc2)N1C(=O)OCc1ccccc1. The molecule has 1 heterocycles. The average molecular weight is 434 g/mol. The molecule has 6 nitrogen and oxygen atoms in total. The molecule has 3 aromatic rings. The van der Waals surface area contributed by atoms with Gasteiger partial charge < -0.3 is 18.9 Å². The van der Waals surface area contributed by atoms with Crippen LogP contribution >= 0.6 is 0 Å². The fourth-order valence-electron chi connectivity index (χ4n) is 4.13. The average Bonchev–Trinajstić information content (AvgIpc) is 3.19. The first-order chi connectivity index (χ1) is 15.6. The standard InChI is InChI=1S/C26H27NO5/c1-18-24(20-13-8-5-9-14-20)27(26(28)31-17-19-11-6-4-7-12-19)25(32-18)23-21(29-2)15-10-16-22(23)30-3/h4-16,18,24-25H,17H2,1-3H3/t18-,24?,25?/m0/s1. The van der Waals surface area contributed by atoms with Crippen molar-refractivity contribution in [2.24, 2.45) is 0 Å². The van der Waals surface area contributed by atoms with Crippen LogP contribution < -0.4 is 9.47 Å². The summed E-state index contributed by atoms with van der Waals surface area (Å²) < 4.78 is 23.3. The van der Waals surface area contributed by atoms with Crippen LogP contribution in [0, 0.1) is 0 Å². The van der Waals surface area contributed by atoms with Crippen LogP contribution in [0.2, 0.25) is 0 Å². The predicted octanol–water partition coefficient (Wildman–Crippen LogP) is 5.50. The molecule has 1 aliphatic rings. The van der Waals surface area contributed by atoms with E-state index in [4.69, 9.17) is 18.9 Å². The van der Waals surface area contributed by atoms with E-state index < -0.39 is 12.3 Å². The second-order valence-electron chi connectivity index (χ2n) is 7.57. The van der Waals surface area contributed by atoms with E-state index >= 15 is 0 Å². The molecule has 0 N–H and O–H groups in total. The molecular weight excluding hydrogens is 406 g/mol. The second-order valence-corrected chi connectivity index (χ2v) is 7.57. The van der Waals surface area contributed by atoms with Crippen molar-refractivity contribution >= 4 is 6.09 Å². The zero-order valence-electron chi connectivity index (χ0n) is 18.4. The Morgan fingerprint density at radius 2 is 1.47 bits per heavy atom. The number of benzene rings is 3. The number of carbonyl (C=O) groups excluding carboxylic acids is 1. The van der Waals surface area contributed by atoms with Gasteiger partial charge in [0.15, 0.2) is 6.23 Å². The van der Waals surface area contributed by atoms with E-state index in [2.05, 4.69) is 0 Å². The predicted molar refractivity (Wildman–Crippen MR) is 120 cm³/mol. The normalized spacial score (nSPS) is 20.1. The van der Waals surface area contributed by atoms with E-state index in [1.165, 1.54) is 0 Å². The Morgan fingerprint density at radius 1 is 0.875 bits per heavy atom. The topological polar surface area (TPSA) is 57.2 Å². The number of nitrogens with zero attached hydrogens (tertiary/aromatic N) is 1. The summed E-state index contributed by atoms with van der Waals surface area (Å²) in [5.74, 6) is 1.16. The fraction of sp³-hybridized carbons (Fsp3) is 0.269. The van der Waals surface area contributed by atoms with Gasteiger partial charge >= 0.3 is 6.09 Å². The highest BCUT2D eigenvalue weighted by Gasteiger charge is 2.47. The van der Waals surface area contributed by atoms with E-state index in [0.717, 1.165) is 11.1 Å². The maximum Gasteiger partial charge on any atom is 0.413 e. The highest BCUT2D eigenvalue weighted by atomic mass is 16.6. The van der Waals surface area contributed by atoms with Crippen LogP contribution in [0.1, 0.15) is 35.9 Å². The van der Waals surface area contributed by atoms with E-state index in [-0.39, 0.29) is 18.8 Å². The van der Waals surface area contributed by atoms with Crippen molar-refractivity contribution in [3.63, 3.8) is 0 Å². The second kappa shape index (κ2) is 9.75. The molecule has 1 saturated heterocycles. The highest BCUT2D eigenvalue weighted by molar-refractivity contribution is 5.70. The summed E-state index contributed by atoms with van der Waals surface area (Å²) in [5.41, 5.74) is 2.53. The van der Waals surface area contributed by atoms with Gasteiger partial charge in [-0.25, -0.2) is 4.79 Å². The van der Waals surface area contributed by atoms with Gasteiger partial charge in [0, 0.05) is 0 Å². The molecule has 1 fully saturated rings. The van der Waals surface area contributed by atoms with E-state index in [1.54, 1.807) is 19.1 Å². The van der Waals surface area contributed by atoms with Crippen LogP contribution in [0.5, 0.6) is 11.5 Å². The molecule has 0 saturated carbocycles. The molecule has 6 heteroatoms. The number of hydrogen-bond acceptors (Lipinski definition) is 5. The largest absolute Gasteiger partial charge is 0.496 e. The lowest BCUT2D eigenvalue weighted by molar-refractivity contribution is -0.00233. The third kappa shape index (κ3) is 4.27. The van der Waals surface area contributed by atoms with Crippen molar-refractivity contribution in [3.8, 4) is 11.5 Å². The van der Waals surface area contributed by atoms with E-state index in [1.807, 2.05) is 85.8 Å². The Labute approximate surface area is 188 Å². The van der Waals surface area contributed by atoms with Crippen LogP contribution in [0.3, 0.4) is 0 Å². The first-order valence-corrected chi connectivity index (χ1v) is 10.5. The summed E-state index contributed by atoms with van der Waals surface area (Å²) in [6.45, 7) is 2.12. The van der Waals surface area contributed by atoms with Crippen molar-refractivity contribution in [2.45, 2.75) is 31.9 Å². The summed E-state index contributed by atoms with van der Waals surface area (Å²) in [4.78, 5) is 15.1. The number of amides is 1. The first-order valence-electron chi connectivity index (χ1n) is 10.5. The minimum absolute atomic E-state index is 0.168. The molecule has 1 amide bonds. The molecule has 0 aliphatic carbocycles. The molecule has 0 spiro atoms. The molecule has 0 bridgehead atoms. The Balaban J connectivity index is 1.73. The fourth-order valence-corrected chi connectivity index (χ4v) is 4.13. The number of carbonyl (C=O) groups is 1. The van der Waals surface area contributed by atoms with E-state index in [9.17, 15) is 4.79 Å². The Bertz CT molecular complexity index is 1020. The van der Waals surface area contributed by atoms with Gasteiger partial charge in [-0.05, 0) is 30.2 Å². The maximum atomic E-state index is 13.5. The first kappa shape index (κ1) is 21.7. The van der Waals surface area contributed by atoms with Crippen molar-refractivity contribution < 1.29 is 23.7 Å². The molecule has 3 aromatic carbocycles. The van der Waals surface area contributed by atoms with Crippen LogP contribution in [-0.4, -0.2) is 31.3 Å². The molecule has 1 aliphatic heterocycles. The third-order valence-electron chi connectivity index (χ3n) is 5.61. The summed E-state index contributed by atoms with van der Waals surface area (Å²) >= 11 is 0. The summed E-state index contributed by atoms with van der Waals surface area (Å²) in [6.07, 6.45) is -1.48. The molecule has 4 rings (SSSR count). The molecule has 2 unspecified atom stereocenters. The minimum atomic E-state index is -0.732. The van der Waals surface area contributed by atoms with Crippen molar-refractivity contribution in [1.29, 1.82) is 0 Å². The monoisotopic (exact) mass is 433 g/mol. The van der Waals surface area contributed by atoms with Crippen molar-refractivity contribution in [2.75, 3.05) is 14.2 Å². The lowest BCUT2D eigenvalue weighted by Crippen LogP contribution is -2.35. The number of rotatable bonds is 6. The van der Waals surface area contributed by atoms with Gasteiger partial charge in [-0.15, -0.1) is 0 Å². The molecular formula is C26H27NO5. The Kier molecular flexibility index (Phi) is 6.61. The number of hydrogen-bond donors (Lipinski definition) is 0. The van der Waals surface area contributed by atoms with Gasteiger partial charge in [0.25, 0.3) is 0 Å². The number of methoxy groups -OCH3 is 2. The van der Waals surface area contributed by atoms with Gasteiger partial charge in [-0.3, -0.25) is 4.90 Å². The lowest BCUT2D eigenvalue weighted by atomic mass is 10.0. The smallest absolute Gasteiger partial charge is 0.413 e. The molecule has 0 aromatic heterocycles. The van der Waals surface area contributed by atoms with Gasteiger partial charge in [-0.1, -0.05) is 66.7 Å². The summed E-state index contributed by atoms with van der Waals surface area (Å²) in [5, 5.41) is 0. The van der Waals surface area contributed by atoms with Crippen molar-refractivity contribution in [1.82, 2.24) is 4.90 Å². The van der Waals surface area contributed by atoms with Gasteiger partial charge in [-0.2, -0.15) is 0 Å². The van der Waals surface area contributed by atoms with Gasteiger partial charge in [0.05, 0.1) is 31.9 Å². The summed E-state index contributed by atoms with van der Waals surface area (Å²) in [7, 11) is 3.17. The third-order valence-corrected chi connectivity index (χ3v) is 5.61. The minimum Gasteiger partial charge on any atom is -0.496 e. The van der Waals surface area contributed by atoms with Crippen LogP contribution in [-0.2, 0) is 16.1 Å². The molecule has 32 heavy (non-hydrogen) atoms. The quantitative estimate of drug-likeness (QED) is 0.514. The van der Waals surface area contributed by atoms with Crippen LogP contribution in [0.25, 0.3) is 0 Å². The van der Waals surface area contributed by atoms with Crippen LogP contribution in [0.15, 0.2) is 78.9 Å². The van der Waals surface area contributed by atoms with Crippen molar-refractivity contribution in [3.05, 3.63) is 95.6 Å². The van der Waals surface area contributed by atoms with Gasteiger partial charge in [0.1, 0.15) is 18.1 Å². The molecule has 0 radical (unpaired) electrons. The highest BCUT2D eigenvalue weighted by Crippen LogP contribution is 2.48. The Morgan fingerprint density at radius 3 is 2.06 bits per heavy atom. The summed E-state index contributed by atoms with van der Waals surface area (Å²) in [6, 6.07) is 24.6. The molecule has 3 atom stereocenters.